The number of hydrogen-bond donors (Lipinski definition) is 1. The molecule has 0 unspecified atom stereocenters. The third kappa shape index (κ3) is 2.15. The van der Waals surface area contributed by atoms with Crippen molar-refractivity contribution in [2.75, 3.05) is 13.1 Å². The van der Waals surface area contributed by atoms with E-state index in [2.05, 4.69) is 29.2 Å². The Balaban J connectivity index is 1.53. The number of likely N-dealkylation sites (tertiary alicyclic amines) is 1. The smallest absolute Gasteiger partial charge is 0.306 e. The summed E-state index contributed by atoms with van der Waals surface area (Å²) in [5.74, 6) is -0.0708. The van der Waals surface area contributed by atoms with Gasteiger partial charge in [-0.1, -0.05) is 30.3 Å². The first-order valence-electron chi connectivity index (χ1n) is 6.76. The van der Waals surface area contributed by atoms with Crippen LogP contribution in [0.15, 0.2) is 30.3 Å². The molecule has 0 bridgehead atoms. The van der Waals surface area contributed by atoms with Crippen LogP contribution >= 0.6 is 0 Å². The Morgan fingerprint density at radius 2 is 1.89 bits per heavy atom. The minimum absolute atomic E-state index is 0.106. The highest BCUT2D eigenvalue weighted by Crippen LogP contribution is 2.36. The first kappa shape index (κ1) is 11.7. The maximum absolute atomic E-state index is 10.9. The molecule has 2 aliphatic rings. The molecule has 1 saturated carbocycles. The van der Waals surface area contributed by atoms with Crippen LogP contribution in [-0.4, -0.2) is 35.1 Å². The van der Waals surface area contributed by atoms with Gasteiger partial charge in [-0.3, -0.25) is 9.69 Å². The summed E-state index contributed by atoms with van der Waals surface area (Å²) in [4.78, 5) is 13.4. The zero-order valence-electron chi connectivity index (χ0n) is 10.5. The molecule has 1 aliphatic heterocycles. The van der Waals surface area contributed by atoms with Crippen molar-refractivity contribution in [1.82, 2.24) is 4.90 Å². The molecular weight excluding hydrogens is 226 g/mol. The van der Waals surface area contributed by atoms with Crippen molar-refractivity contribution < 1.29 is 9.90 Å². The number of hydrogen-bond acceptors (Lipinski definition) is 2. The molecule has 1 saturated heterocycles. The number of nitrogens with zero attached hydrogens (tertiary/aromatic N) is 1. The molecule has 3 heteroatoms. The van der Waals surface area contributed by atoms with E-state index >= 15 is 0 Å². The van der Waals surface area contributed by atoms with E-state index in [9.17, 15) is 4.79 Å². The van der Waals surface area contributed by atoms with Crippen molar-refractivity contribution in [3.63, 3.8) is 0 Å². The normalized spacial score (nSPS) is 29.1. The molecule has 1 N–H and O–H groups in total. The van der Waals surface area contributed by atoms with E-state index in [1.54, 1.807) is 0 Å². The van der Waals surface area contributed by atoms with Crippen LogP contribution in [-0.2, 0) is 4.79 Å². The Hall–Kier alpha value is -1.35. The Labute approximate surface area is 107 Å². The van der Waals surface area contributed by atoms with Gasteiger partial charge in [0.2, 0.25) is 0 Å². The van der Waals surface area contributed by atoms with Crippen LogP contribution in [0, 0.1) is 5.92 Å². The van der Waals surface area contributed by atoms with Gasteiger partial charge in [0, 0.05) is 25.0 Å². The monoisotopic (exact) mass is 245 g/mol. The third-order valence-corrected chi connectivity index (χ3v) is 4.45. The molecule has 3 rings (SSSR count). The summed E-state index contributed by atoms with van der Waals surface area (Å²) in [6, 6.07) is 11.1. The lowest BCUT2D eigenvalue weighted by molar-refractivity contribution is -0.141. The van der Waals surface area contributed by atoms with E-state index in [1.807, 2.05) is 6.07 Å². The minimum Gasteiger partial charge on any atom is -0.481 e. The standard InChI is InChI=1S/C15H19NO2/c17-15(18)12-6-7-14(8-12)16-9-13(10-16)11-4-2-1-3-5-11/h1-5,12-14H,6-10H2,(H,17,18)/t12-,14+/m1/s1. The van der Waals surface area contributed by atoms with Crippen LogP contribution in [0.25, 0.3) is 0 Å². The Kier molecular flexibility index (Phi) is 3.08. The second-order valence-corrected chi connectivity index (χ2v) is 5.56. The zero-order valence-corrected chi connectivity index (χ0v) is 10.5. The lowest BCUT2D eigenvalue weighted by atomic mass is 9.89. The fourth-order valence-electron chi connectivity index (χ4n) is 3.26. The molecule has 1 aromatic rings. The van der Waals surface area contributed by atoms with Crippen LogP contribution in [0.2, 0.25) is 0 Å². The molecule has 0 amide bonds. The molecule has 1 aromatic carbocycles. The number of rotatable bonds is 3. The lowest BCUT2D eigenvalue weighted by Crippen LogP contribution is -2.49. The second-order valence-electron chi connectivity index (χ2n) is 5.56. The molecule has 0 spiro atoms. The summed E-state index contributed by atoms with van der Waals surface area (Å²) in [7, 11) is 0. The van der Waals surface area contributed by atoms with E-state index < -0.39 is 5.97 Å². The van der Waals surface area contributed by atoms with Gasteiger partial charge in [-0.15, -0.1) is 0 Å². The van der Waals surface area contributed by atoms with Crippen LogP contribution in [0.1, 0.15) is 30.7 Å². The van der Waals surface area contributed by atoms with Gasteiger partial charge in [0.1, 0.15) is 0 Å². The molecule has 18 heavy (non-hydrogen) atoms. The van der Waals surface area contributed by atoms with Gasteiger partial charge in [0.25, 0.3) is 0 Å². The van der Waals surface area contributed by atoms with Crippen LogP contribution in [0.3, 0.4) is 0 Å². The topological polar surface area (TPSA) is 40.5 Å². The van der Waals surface area contributed by atoms with Crippen molar-refractivity contribution in [1.29, 1.82) is 0 Å². The summed E-state index contributed by atoms with van der Waals surface area (Å²) >= 11 is 0. The van der Waals surface area contributed by atoms with Gasteiger partial charge in [0.05, 0.1) is 5.92 Å². The van der Waals surface area contributed by atoms with E-state index in [4.69, 9.17) is 5.11 Å². The summed E-state index contributed by atoms with van der Waals surface area (Å²) < 4.78 is 0. The summed E-state index contributed by atoms with van der Waals surface area (Å²) in [6.45, 7) is 2.20. The summed E-state index contributed by atoms with van der Waals surface area (Å²) in [5, 5.41) is 9.02. The van der Waals surface area contributed by atoms with E-state index in [-0.39, 0.29) is 5.92 Å². The van der Waals surface area contributed by atoms with Crippen molar-refractivity contribution >= 4 is 5.97 Å². The first-order valence-corrected chi connectivity index (χ1v) is 6.76. The van der Waals surface area contributed by atoms with E-state index in [1.165, 1.54) is 5.56 Å². The maximum Gasteiger partial charge on any atom is 0.306 e. The highest BCUT2D eigenvalue weighted by Gasteiger charge is 2.38. The van der Waals surface area contributed by atoms with Crippen molar-refractivity contribution in [2.45, 2.75) is 31.2 Å². The Morgan fingerprint density at radius 1 is 1.17 bits per heavy atom. The average molecular weight is 245 g/mol. The van der Waals surface area contributed by atoms with Gasteiger partial charge in [-0.05, 0) is 24.8 Å². The molecule has 96 valence electrons. The van der Waals surface area contributed by atoms with Crippen molar-refractivity contribution in [2.24, 2.45) is 5.92 Å². The molecular formula is C15H19NO2. The molecule has 1 heterocycles. The highest BCUT2D eigenvalue weighted by atomic mass is 16.4. The largest absolute Gasteiger partial charge is 0.481 e. The third-order valence-electron chi connectivity index (χ3n) is 4.45. The SMILES string of the molecule is O=C(O)[C@@H]1CC[C@H](N2CC(c3ccccc3)C2)C1. The second kappa shape index (κ2) is 4.73. The molecule has 2 atom stereocenters. The first-order chi connectivity index (χ1) is 8.74. The predicted octanol–water partition coefficient (Wildman–Crippen LogP) is 2.34. The van der Waals surface area contributed by atoms with Crippen LogP contribution in [0.4, 0.5) is 0 Å². The molecule has 2 fully saturated rings. The lowest BCUT2D eigenvalue weighted by Gasteiger charge is -2.43. The number of benzene rings is 1. The molecule has 0 aromatic heterocycles. The quantitative estimate of drug-likeness (QED) is 0.888. The predicted molar refractivity (Wildman–Crippen MR) is 69.5 cm³/mol. The van der Waals surface area contributed by atoms with Gasteiger partial charge in [0.15, 0.2) is 0 Å². The summed E-state index contributed by atoms with van der Waals surface area (Å²) in [5.41, 5.74) is 1.42. The molecule has 3 nitrogen and oxygen atoms in total. The molecule has 1 aliphatic carbocycles. The fraction of sp³-hybridized carbons (Fsp3) is 0.533. The number of aliphatic carboxylic acids is 1. The molecule has 0 radical (unpaired) electrons. The minimum atomic E-state index is -0.613. The maximum atomic E-state index is 10.9. The van der Waals surface area contributed by atoms with E-state index in [0.29, 0.717) is 12.0 Å². The average Bonchev–Trinajstić information content (AvgIpc) is 2.78. The Morgan fingerprint density at radius 3 is 2.50 bits per heavy atom. The number of carboxylic acid groups (broad SMARTS) is 1. The van der Waals surface area contributed by atoms with Crippen molar-refractivity contribution in [3.8, 4) is 0 Å². The van der Waals surface area contributed by atoms with Crippen molar-refractivity contribution in [3.05, 3.63) is 35.9 Å². The highest BCUT2D eigenvalue weighted by molar-refractivity contribution is 5.70. The van der Waals surface area contributed by atoms with Crippen LogP contribution < -0.4 is 0 Å². The van der Waals surface area contributed by atoms with Gasteiger partial charge in [-0.25, -0.2) is 0 Å². The zero-order chi connectivity index (χ0) is 12.5. The van der Waals surface area contributed by atoms with Crippen LogP contribution in [0.5, 0.6) is 0 Å². The van der Waals surface area contributed by atoms with E-state index in [0.717, 1.165) is 32.4 Å². The number of carboxylic acids is 1. The number of carbonyl (C=O) groups is 1. The summed E-state index contributed by atoms with van der Waals surface area (Å²) in [6.07, 6.45) is 2.75. The fourth-order valence-corrected chi connectivity index (χ4v) is 3.26. The van der Waals surface area contributed by atoms with Gasteiger partial charge in [-0.2, -0.15) is 0 Å². The van der Waals surface area contributed by atoms with Gasteiger partial charge >= 0.3 is 5.97 Å². The van der Waals surface area contributed by atoms with Gasteiger partial charge < -0.3 is 5.11 Å². The Bertz CT molecular complexity index is 425.